The first-order valence-electron chi connectivity index (χ1n) is 5.00. The van der Waals surface area contributed by atoms with Crippen LogP contribution in [0.3, 0.4) is 0 Å². The lowest BCUT2D eigenvalue weighted by molar-refractivity contribution is 0.0576. The van der Waals surface area contributed by atoms with Crippen molar-refractivity contribution in [2.24, 2.45) is 5.92 Å². The van der Waals surface area contributed by atoms with Crippen molar-refractivity contribution in [1.29, 1.82) is 0 Å². The average Bonchev–Trinajstić information content (AvgIpc) is 2.52. The van der Waals surface area contributed by atoms with E-state index in [-0.39, 0.29) is 0 Å². The SMILES string of the molecule is CCCC(CC)C1CCCO1. The van der Waals surface area contributed by atoms with Crippen molar-refractivity contribution in [3.8, 4) is 0 Å². The Kier molecular flexibility index (Phi) is 3.92. The average molecular weight is 156 g/mol. The van der Waals surface area contributed by atoms with Crippen molar-refractivity contribution >= 4 is 0 Å². The molecule has 0 aromatic rings. The van der Waals surface area contributed by atoms with Gasteiger partial charge in [0.05, 0.1) is 6.10 Å². The fourth-order valence-electron chi connectivity index (χ4n) is 2.00. The Labute approximate surface area is 70.1 Å². The first kappa shape index (κ1) is 9.05. The summed E-state index contributed by atoms with van der Waals surface area (Å²) in [5.41, 5.74) is 0. The van der Waals surface area contributed by atoms with E-state index in [1.807, 2.05) is 0 Å². The minimum atomic E-state index is 0.597. The number of rotatable bonds is 4. The lowest BCUT2D eigenvalue weighted by atomic mass is 9.93. The van der Waals surface area contributed by atoms with E-state index in [0.29, 0.717) is 6.10 Å². The molecule has 0 amide bonds. The standard InChI is InChI=1S/C10H20O/c1-3-6-9(4-2)10-7-5-8-11-10/h9-10H,3-8H2,1-2H3. The highest BCUT2D eigenvalue weighted by Gasteiger charge is 2.23. The quantitative estimate of drug-likeness (QED) is 0.608. The van der Waals surface area contributed by atoms with E-state index in [1.54, 1.807) is 0 Å². The molecule has 1 heteroatoms. The molecule has 2 atom stereocenters. The lowest BCUT2D eigenvalue weighted by Crippen LogP contribution is -2.18. The first-order valence-corrected chi connectivity index (χ1v) is 5.00. The summed E-state index contributed by atoms with van der Waals surface area (Å²) >= 11 is 0. The molecule has 0 N–H and O–H groups in total. The summed E-state index contributed by atoms with van der Waals surface area (Å²) in [6.45, 7) is 5.55. The Morgan fingerprint density at radius 2 is 2.27 bits per heavy atom. The summed E-state index contributed by atoms with van der Waals surface area (Å²) in [7, 11) is 0. The molecule has 0 spiro atoms. The molecule has 1 nitrogen and oxygen atoms in total. The second-order valence-electron chi connectivity index (χ2n) is 3.51. The van der Waals surface area contributed by atoms with Crippen molar-refractivity contribution in [1.82, 2.24) is 0 Å². The van der Waals surface area contributed by atoms with E-state index in [2.05, 4.69) is 13.8 Å². The maximum Gasteiger partial charge on any atom is 0.0604 e. The van der Waals surface area contributed by atoms with E-state index < -0.39 is 0 Å². The van der Waals surface area contributed by atoms with Gasteiger partial charge in [-0.15, -0.1) is 0 Å². The summed E-state index contributed by atoms with van der Waals surface area (Å²) in [6, 6.07) is 0. The minimum Gasteiger partial charge on any atom is -0.378 e. The van der Waals surface area contributed by atoms with Gasteiger partial charge in [0.25, 0.3) is 0 Å². The second-order valence-corrected chi connectivity index (χ2v) is 3.51. The molecular weight excluding hydrogens is 136 g/mol. The van der Waals surface area contributed by atoms with E-state index in [0.717, 1.165) is 12.5 Å². The van der Waals surface area contributed by atoms with Gasteiger partial charge in [0, 0.05) is 6.61 Å². The lowest BCUT2D eigenvalue weighted by Gasteiger charge is -2.20. The van der Waals surface area contributed by atoms with Crippen molar-refractivity contribution in [2.75, 3.05) is 6.61 Å². The zero-order valence-electron chi connectivity index (χ0n) is 7.81. The third-order valence-corrected chi connectivity index (χ3v) is 2.67. The van der Waals surface area contributed by atoms with Crippen LogP contribution in [0, 0.1) is 5.92 Å². The Balaban J connectivity index is 2.27. The number of hydrogen-bond donors (Lipinski definition) is 0. The predicted molar refractivity (Wildman–Crippen MR) is 47.7 cm³/mol. The van der Waals surface area contributed by atoms with Crippen LogP contribution in [0.15, 0.2) is 0 Å². The molecular formula is C10H20O. The van der Waals surface area contributed by atoms with Crippen molar-refractivity contribution < 1.29 is 4.74 Å². The maximum atomic E-state index is 5.66. The molecule has 0 aliphatic carbocycles. The van der Waals surface area contributed by atoms with Gasteiger partial charge < -0.3 is 4.74 Å². The highest BCUT2D eigenvalue weighted by atomic mass is 16.5. The molecule has 0 aromatic heterocycles. The van der Waals surface area contributed by atoms with Crippen LogP contribution in [0.5, 0.6) is 0 Å². The summed E-state index contributed by atoms with van der Waals surface area (Å²) in [5, 5.41) is 0. The normalized spacial score (nSPS) is 27.3. The van der Waals surface area contributed by atoms with Crippen molar-refractivity contribution in [2.45, 2.75) is 52.1 Å². The largest absolute Gasteiger partial charge is 0.378 e. The Morgan fingerprint density at radius 3 is 2.73 bits per heavy atom. The van der Waals surface area contributed by atoms with Crippen LogP contribution in [0.4, 0.5) is 0 Å². The van der Waals surface area contributed by atoms with Gasteiger partial charge in [-0.25, -0.2) is 0 Å². The second kappa shape index (κ2) is 4.76. The zero-order valence-corrected chi connectivity index (χ0v) is 7.81. The first-order chi connectivity index (χ1) is 5.38. The van der Waals surface area contributed by atoms with Crippen molar-refractivity contribution in [3.05, 3.63) is 0 Å². The van der Waals surface area contributed by atoms with Crippen LogP contribution in [0.1, 0.15) is 46.0 Å². The molecule has 1 fully saturated rings. The molecule has 2 unspecified atom stereocenters. The summed E-state index contributed by atoms with van der Waals surface area (Å²) in [5.74, 6) is 0.836. The molecule has 0 bridgehead atoms. The van der Waals surface area contributed by atoms with E-state index in [9.17, 15) is 0 Å². The zero-order chi connectivity index (χ0) is 8.10. The number of hydrogen-bond acceptors (Lipinski definition) is 1. The maximum absolute atomic E-state index is 5.66. The monoisotopic (exact) mass is 156 g/mol. The highest BCUT2D eigenvalue weighted by molar-refractivity contribution is 4.73. The molecule has 0 aromatic carbocycles. The summed E-state index contributed by atoms with van der Waals surface area (Å²) in [4.78, 5) is 0. The smallest absolute Gasteiger partial charge is 0.0604 e. The van der Waals surface area contributed by atoms with E-state index in [4.69, 9.17) is 4.74 Å². The van der Waals surface area contributed by atoms with E-state index in [1.165, 1.54) is 32.1 Å². The molecule has 0 saturated carbocycles. The summed E-state index contributed by atoms with van der Waals surface area (Å²) in [6.07, 6.45) is 7.13. The summed E-state index contributed by atoms with van der Waals surface area (Å²) < 4.78 is 5.66. The van der Waals surface area contributed by atoms with Gasteiger partial charge in [-0.3, -0.25) is 0 Å². The third-order valence-electron chi connectivity index (χ3n) is 2.67. The van der Waals surface area contributed by atoms with Crippen LogP contribution in [0.2, 0.25) is 0 Å². The van der Waals surface area contributed by atoms with Gasteiger partial charge in [0.2, 0.25) is 0 Å². The van der Waals surface area contributed by atoms with Gasteiger partial charge in [-0.05, 0) is 25.2 Å². The van der Waals surface area contributed by atoms with Gasteiger partial charge >= 0.3 is 0 Å². The molecule has 1 aliphatic heterocycles. The fraction of sp³-hybridized carbons (Fsp3) is 1.00. The van der Waals surface area contributed by atoms with Crippen LogP contribution < -0.4 is 0 Å². The molecule has 1 saturated heterocycles. The predicted octanol–water partition coefficient (Wildman–Crippen LogP) is 2.99. The van der Waals surface area contributed by atoms with Gasteiger partial charge in [0.15, 0.2) is 0 Å². The van der Waals surface area contributed by atoms with Gasteiger partial charge in [0.1, 0.15) is 0 Å². The molecule has 11 heavy (non-hydrogen) atoms. The van der Waals surface area contributed by atoms with Crippen LogP contribution >= 0.6 is 0 Å². The number of ether oxygens (including phenoxy) is 1. The molecule has 1 rings (SSSR count). The Hall–Kier alpha value is -0.0400. The van der Waals surface area contributed by atoms with Crippen molar-refractivity contribution in [3.63, 3.8) is 0 Å². The van der Waals surface area contributed by atoms with Crippen LogP contribution in [0.25, 0.3) is 0 Å². The highest BCUT2D eigenvalue weighted by Crippen LogP contribution is 2.26. The topological polar surface area (TPSA) is 9.23 Å². The third kappa shape index (κ3) is 2.48. The fourth-order valence-corrected chi connectivity index (χ4v) is 2.00. The Bertz CT molecular complexity index is 95.0. The minimum absolute atomic E-state index is 0.597. The molecule has 0 radical (unpaired) electrons. The molecule has 1 heterocycles. The van der Waals surface area contributed by atoms with Gasteiger partial charge in [-0.2, -0.15) is 0 Å². The van der Waals surface area contributed by atoms with E-state index >= 15 is 0 Å². The molecule has 66 valence electrons. The Morgan fingerprint density at radius 1 is 1.45 bits per heavy atom. The molecule has 1 aliphatic rings. The van der Waals surface area contributed by atoms with Crippen LogP contribution in [-0.4, -0.2) is 12.7 Å². The van der Waals surface area contributed by atoms with Crippen LogP contribution in [-0.2, 0) is 4.74 Å². The van der Waals surface area contributed by atoms with Gasteiger partial charge in [-0.1, -0.05) is 26.7 Å².